The largest absolute Gasteiger partial charge is 0.370 e. The van der Waals surface area contributed by atoms with E-state index in [1.165, 1.54) is 11.8 Å². The Hall–Kier alpha value is -2.35. The molecule has 2 rings (SSSR count). The van der Waals surface area contributed by atoms with Crippen LogP contribution in [0.25, 0.3) is 0 Å². The fourth-order valence-corrected chi connectivity index (χ4v) is 3.39. The number of amides is 2. The molecule has 1 aromatic heterocycles. The van der Waals surface area contributed by atoms with Crippen molar-refractivity contribution in [3.8, 4) is 0 Å². The maximum atomic E-state index is 12.6. The summed E-state index contributed by atoms with van der Waals surface area (Å²) in [4.78, 5) is 23.5. The third-order valence-electron chi connectivity index (χ3n) is 4.01. The first-order chi connectivity index (χ1) is 12.3. The topological polar surface area (TPSA) is 103 Å². The fourth-order valence-electron chi connectivity index (χ4n) is 2.46. The molecule has 0 saturated carbocycles. The van der Waals surface area contributed by atoms with Crippen molar-refractivity contribution in [2.24, 2.45) is 5.73 Å². The minimum absolute atomic E-state index is 0.0898. The lowest BCUT2D eigenvalue weighted by Gasteiger charge is -2.14. The third kappa shape index (κ3) is 5.08. The van der Waals surface area contributed by atoms with Gasteiger partial charge in [-0.3, -0.25) is 9.59 Å². The summed E-state index contributed by atoms with van der Waals surface area (Å²) in [7, 11) is 0. The summed E-state index contributed by atoms with van der Waals surface area (Å²) >= 11 is 1.35. The van der Waals surface area contributed by atoms with Gasteiger partial charge in [0.05, 0.1) is 5.25 Å². The van der Waals surface area contributed by atoms with Crippen LogP contribution >= 0.6 is 11.8 Å². The SMILES string of the molecule is CCn1c(CCC(N)=O)nnc1S[C@H](C)C(=O)Nc1cc(C)ccc1C. The molecule has 2 aromatic rings. The Morgan fingerprint density at radius 3 is 2.69 bits per heavy atom. The first-order valence-corrected chi connectivity index (χ1v) is 9.45. The summed E-state index contributed by atoms with van der Waals surface area (Å²) in [6.45, 7) is 8.43. The van der Waals surface area contributed by atoms with Gasteiger partial charge in [0.2, 0.25) is 11.8 Å². The highest BCUT2D eigenvalue weighted by Crippen LogP contribution is 2.25. The molecule has 0 aliphatic heterocycles. The highest BCUT2D eigenvalue weighted by atomic mass is 32.2. The molecule has 0 saturated heterocycles. The molecule has 0 aliphatic carbocycles. The number of benzene rings is 1. The maximum absolute atomic E-state index is 12.6. The van der Waals surface area contributed by atoms with Gasteiger partial charge < -0.3 is 15.6 Å². The van der Waals surface area contributed by atoms with Crippen LogP contribution in [0.1, 0.15) is 37.2 Å². The Morgan fingerprint density at radius 1 is 1.31 bits per heavy atom. The zero-order valence-corrected chi connectivity index (χ0v) is 16.4. The van der Waals surface area contributed by atoms with Crippen molar-refractivity contribution in [2.45, 2.75) is 57.5 Å². The minimum atomic E-state index is -0.369. The molecule has 3 N–H and O–H groups in total. The maximum Gasteiger partial charge on any atom is 0.237 e. The van der Waals surface area contributed by atoms with Gasteiger partial charge in [0.25, 0.3) is 0 Å². The normalized spacial score (nSPS) is 12.0. The van der Waals surface area contributed by atoms with Crippen LogP contribution < -0.4 is 11.1 Å². The van der Waals surface area contributed by atoms with Crippen LogP contribution in [0.3, 0.4) is 0 Å². The number of hydrogen-bond acceptors (Lipinski definition) is 5. The van der Waals surface area contributed by atoms with Crippen LogP contribution in [-0.4, -0.2) is 31.8 Å². The number of hydrogen-bond donors (Lipinski definition) is 2. The molecule has 0 unspecified atom stereocenters. The van der Waals surface area contributed by atoms with Crippen molar-refractivity contribution in [1.82, 2.24) is 14.8 Å². The number of carbonyl (C=O) groups is 2. The molecule has 1 aromatic carbocycles. The van der Waals surface area contributed by atoms with E-state index in [0.717, 1.165) is 16.8 Å². The molecule has 1 atom stereocenters. The van der Waals surface area contributed by atoms with Crippen molar-refractivity contribution < 1.29 is 9.59 Å². The van der Waals surface area contributed by atoms with Gasteiger partial charge in [-0.2, -0.15) is 0 Å². The number of aryl methyl sites for hydroxylation is 3. The van der Waals surface area contributed by atoms with E-state index in [4.69, 9.17) is 5.73 Å². The van der Waals surface area contributed by atoms with Crippen molar-refractivity contribution in [3.05, 3.63) is 35.2 Å². The summed E-state index contributed by atoms with van der Waals surface area (Å²) in [6, 6.07) is 5.96. The quantitative estimate of drug-likeness (QED) is 0.690. The van der Waals surface area contributed by atoms with Crippen molar-refractivity contribution >= 4 is 29.3 Å². The van der Waals surface area contributed by atoms with Crippen LogP contribution in [0.4, 0.5) is 5.69 Å². The molecule has 0 radical (unpaired) electrons. The summed E-state index contributed by atoms with van der Waals surface area (Å²) in [5.41, 5.74) is 8.14. The van der Waals surface area contributed by atoms with Crippen LogP contribution in [0, 0.1) is 13.8 Å². The first kappa shape index (κ1) is 20.0. The Bertz CT molecular complexity index is 803. The number of aromatic nitrogens is 3. The summed E-state index contributed by atoms with van der Waals surface area (Å²) < 4.78 is 1.91. The number of primary amides is 1. The Balaban J connectivity index is 2.06. The summed E-state index contributed by atoms with van der Waals surface area (Å²) in [6.07, 6.45) is 0.672. The monoisotopic (exact) mass is 375 g/mol. The fraction of sp³-hybridized carbons (Fsp3) is 0.444. The Kier molecular flexibility index (Phi) is 6.79. The predicted octanol–water partition coefficient (Wildman–Crippen LogP) is 2.45. The van der Waals surface area contributed by atoms with Gasteiger partial charge in [0, 0.05) is 25.1 Å². The van der Waals surface area contributed by atoms with Gasteiger partial charge in [0.15, 0.2) is 5.16 Å². The average molecular weight is 375 g/mol. The second-order valence-electron chi connectivity index (χ2n) is 6.18. The molecule has 0 spiro atoms. The summed E-state index contributed by atoms with van der Waals surface area (Å²) in [5, 5.41) is 11.6. The van der Waals surface area contributed by atoms with E-state index in [1.54, 1.807) is 0 Å². The first-order valence-electron chi connectivity index (χ1n) is 8.57. The molecular formula is C18H25N5O2S. The molecule has 7 nitrogen and oxygen atoms in total. The van der Waals surface area contributed by atoms with Gasteiger partial charge in [-0.1, -0.05) is 23.9 Å². The van der Waals surface area contributed by atoms with Gasteiger partial charge in [-0.25, -0.2) is 0 Å². The molecule has 2 amide bonds. The Labute approximate surface area is 157 Å². The van der Waals surface area contributed by atoms with Crippen molar-refractivity contribution in [3.63, 3.8) is 0 Å². The van der Waals surface area contributed by atoms with Crippen molar-refractivity contribution in [2.75, 3.05) is 5.32 Å². The van der Waals surface area contributed by atoms with Gasteiger partial charge in [0.1, 0.15) is 5.82 Å². The molecular weight excluding hydrogens is 350 g/mol. The highest BCUT2D eigenvalue weighted by Gasteiger charge is 2.20. The van der Waals surface area contributed by atoms with Crippen LogP contribution in [-0.2, 0) is 22.6 Å². The van der Waals surface area contributed by atoms with Crippen LogP contribution in [0.2, 0.25) is 0 Å². The number of rotatable bonds is 8. The number of thioether (sulfide) groups is 1. The molecule has 8 heteroatoms. The standard InChI is InChI=1S/C18H25N5O2S/c1-5-23-16(9-8-15(19)24)21-22-18(23)26-13(4)17(25)20-14-10-11(2)6-7-12(14)3/h6-7,10,13H,5,8-9H2,1-4H3,(H2,19,24)(H,20,25)/t13-/m1/s1. The molecule has 0 bridgehead atoms. The second-order valence-corrected chi connectivity index (χ2v) is 7.49. The molecule has 0 aliphatic rings. The smallest absolute Gasteiger partial charge is 0.237 e. The summed E-state index contributed by atoms with van der Waals surface area (Å²) in [5.74, 6) is 0.245. The molecule has 26 heavy (non-hydrogen) atoms. The van der Waals surface area contributed by atoms with E-state index in [9.17, 15) is 9.59 Å². The lowest BCUT2D eigenvalue weighted by molar-refractivity contribution is -0.118. The van der Waals surface area contributed by atoms with Crippen molar-refractivity contribution in [1.29, 1.82) is 0 Å². The lowest BCUT2D eigenvalue weighted by atomic mass is 10.1. The molecule has 1 heterocycles. The van der Waals surface area contributed by atoms with Gasteiger partial charge in [-0.15, -0.1) is 10.2 Å². The number of anilines is 1. The van der Waals surface area contributed by atoms with E-state index in [1.807, 2.05) is 50.5 Å². The second kappa shape index (κ2) is 8.84. The highest BCUT2D eigenvalue weighted by molar-refractivity contribution is 8.00. The number of nitrogens with zero attached hydrogens (tertiary/aromatic N) is 3. The molecule has 0 fully saturated rings. The lowest BCUT2D eigenvalue weighted by Crippen LogP contribution is -2.23. The van der Waals surface area contributed by atoms with Crippen LogP contribution in [0.15, 0.2) is 23.4 Å². The number of carbonyl (C=O) groups excluding carboxylic acids is 2. The molecule has 140 valence electrons. The average Bonchev–Trinajstić information content (AvgIpc) is 2.97. The van der Waals surface area contributed by atoms with E-state index in [2.05, 4.69) is 15.5 Å². The van der Waals surface area contributed by atoms with Crippen LogP contribution in [0.5, 0.6) is 0 Å². The number of nitrogens with two attached hydrogens (primary N) is 1. The van der Waals surface area contributed by atoms with Gasteiger partial charge >= 0.3 is 0 Å². The van der Waals surface area contributed by atoms with E-state index in [-0.39, 0.29) is 23.5 Å². The predicted molar refractivity (Wildman–Crippen MR) is 103 cm³/mol. The zero-order valence-electron chi connectivity index (χ0n) is 15.6. The van der Waals surface area contributed by atoms with E-state index < -0.39 is 0 Å². The number of nitrogens with one attached hydrogen (secondary N) is 1. The van der Waals surface area contributed by atoms with E-state index in [0.29, 0.717) is 23.9 Å². The minimum Gasteiger partial charge on any atom is -0.370 e. The third-order valence-corrected chi connectivity index (χ3v) is 5.09. The Morgan fingerprint density at radius 2 is 2.04 bits per heavy atom. The van der Waals surface area contributed by atoms with E-state index >= 15 is 0 Å². The zero-order chi connectivity index (χ0) is 19.3. The van der Waals surface area contributed by atoms with Gasteiger partial charge in [-0.05, 0) is 44.9 Å².